The molecule has 8 rings (SSSR count). The van der Waals surface area contributed by atoms with Gasteiger partial charge >= 0.3 is 11.9 Å². The largest absolute Gasteiger partial charge is 0.494 e. The summed E-state index contributed by atoms with van der Waals surface area (Å²) in [6.45, 7) is 4.10. The van der Waals surface area contributed by atoms with Crippen LogP contribution in [0.25, 0.3) is 0 Å². The van der Waals surface area contributed by atoms with Gasteiger partial charge in [-0.25, -0.2) is 23.9 Å². The van der Waals surface area contributed by atoms with Gasteiger partial charge in [0.05, 0.1) is 33.7 Å². The number of halogens is 1. The number of ether oxygens (including phenoxy) is 7. The second-order valence-corrected chi connectivity index (χ2v) is 15.2. The smallest absolute Gasteiger partial charge is 0.349 e. The van der Waals surface area contributed by atoms with Crippen molar-refractivity contribution in [2.45, 2.75) is 51.7 Å². The predicted octanol–water partition coefficient (Wildman–Crippen LogP) is 10.3. The van der Waals surface area contributed by atoms with Crippen molar-refractivity contribution in [2.24, 2.45) is 0 Å². The Kier molecular flexibility index (Phi) is 12.0. The molecule has 2 atom stereocenters. The second kappa shape index (κ2) is 17.4. The first-order chi connectivity index (χ1) is 27.6. The van der Waals surface area contributed by atoms with Gasteiger partial charge in [0, 0.05) is 5.56 Å². The van der Waals surface area contributed by atoms with Crippen LogP contribution in [0.2, 0.25) is 0 Å². The number of fused-ring (bicyclic) bond motifs is 2. The summed E-state index contributed by atoms with van der Waals surface area (Å²) in [5.41, 5.74) is 6.01. The number of esters is 2. The number of aromatic nitrogens is 2. The topological polar surface area (TPSA) is 125 Å². The minimum atomic E-state index is -0.452. The predicted molar refractivity (Wildman–Crippen MR) is 212 cm³/mol. The Morgan fingerprint density at radius 2 is 1.30 bits per heavy atom. The fourth-order valence-corrected chi connectivity index (χ4v) is 7.96. The van der Waals surface area contributed by atoms with Gasteiger partial charge in [0.15, 0.2) is 11.6 Å². The maximum atomic E-state index is 14.6. The Labute approximate surface area is 336 Å². The van der Waals surface area contributed by atoms with E-state index in [9.17, 15) is 14.0 Å². The van der Waals surface area contributed by atoms with Gasteiger partial charge in [-0.15, -0.1) is 0 Å². The van der Waals surface area contributed by atoms with E-state index in [2.05, 4.69) is 39.8 Å². The number of methoxy groups -OCH3 is 3. The third kappa shape index (κ3) is 8.87. The van der Waals surface area contributed by atoms with Gasteiger partial charge < -0.3 is 33.2 Å². The van der Waals surface area contributed by atoms with Crippen LogP contribution in [0.15, 0.2) is 85.2 Å². The zero-order valence-electron chi connectivity index (χ0n) is 31.8. The third-order valence-electron chi connectivity index (χ3n) is 9.52. The molecule has 14 heteroatoms. The molecule has 0 bridgehead atoms. The molecule has 4 aromatic carbocycles. The third-order valence-corrected chi connectivity index (χ3v) is 11.2. The fraction of sp³-hybridized carbons (Fsp3) is 0.256. The van der Waals surface area contributed by atoms with E-state index in [1.165, 1.54) is 56.2 Å². The normalized spacial score (nSPS) is 15.3. The molecule has 0 spiro atoms. The van der Waals surface area contributed by atoms with Crippen molar-refractivity contribution in [3.63, 3.8) is 0 Å². The number of hydrogen-bond acceptors (Lipinski definition) is 13. The number of benzene rings is 4. The highest BCUT2D eigenvalue weighted by atomic mass is 32.1. The van der Waals surface area contributed by atoms with Crippen LogP contribution in [0.5, 0.6) is 39.1 Å². The molecular weight excluding hydrogens is 772 g/mol. The van der Waals surface area contributed by atoms with Crippen LogP contribution in [0.1, 0.15) is 77.8 Å². The Bertz CT molecular complexity index is 2410. The average Bonchev–Trinajstić information content (AvgIpc) is 3.91. The van der Waals surface area contributed by atoms with Crippen LogP contribution in [-0.2, 0) is 22.3 Å². The summed E-state index contributed by atoms with van der Waals surface area (Å²) in [5, 5.41) is 0.761. The average molecular weight is 811 g/mol. The Hall–Kier alpha value is -5.99. The van der Waals surface area contributed by atoms with E-state index in [4.69, 9.17) is 28.4 Å². The van der Waals surface area contributed by atoms with Crippen molar-refractivity contribution in [2.75, 3.05) is 21.3 Å². The minimum Gasteiger partial charge on any atom is -0.494 e. The van der Waals surface area contributed by atoms with E-state index in [1.807, 2.05) is 31.2 Å². The Morgan fingerprint density at radius 3 is 1.96 bits per heavy atom. The zero-order chi connectivity index (χ0) is 40.1. The van der Waals surface area contributed by atoms with Gasteiger partial charge in [0.25, 0.3) is 10.4 Å². The van der Waals surface area contributed by atoms with Crippen LogP contribution in [0, 0.1) is 19.7 Å². The number of carbonyl (C=O) groups is 2. The minimum absolute atomic E-state index is 0.0708. The standard InChI is InChI=1S/C22H21NO4S.C21H18FNO5S/c1-13-6-4-5-7-16(13)17-9-8-15-11-18(14(2)10-19(15)26-17)27-22-23-12-20(28-22)21(24)25-3;1-25-17-5-3-4-14(19(17)22)16-8-6-12-10-13(7-9-15(12)28-16)27-21-23-11-18(29-21)20(24)26-2/h4-7,10-12,17H,8-9H2,1-3H3;3-5,7,9-11,16H,6,8H2,1-2H3. The molecule has 294 valence electrons. The first kappa shape index (κ1) is 39.3. The van der Waals surface area contributed by atoms with Crippen LogP contribution < -0.4 is 23.7 Å². The Morgan fingerprint density at radius 1 is 0.684 bits per heavy atom. The van der Waals surface area contributed by atoms with Gasteiger partial charge in [-0.3, -0.25) is 0 Å². The lowest BCUT2D eigenvalue weighted by Gasteiger charge is -2.28. The highest BCUT2D eigenvalue weighted by Crippen LogP contribution is 2.42. The van der Waals surface area contributed by atoms with E-state index in [0.29, 0.717) is 50.0 Å². The van der Waals surface area contributed by atoms with E-state index >= 15 is 0 Å². The van der Waals surface area contributed by atoms with Crippen LogP contribution in [0.4, 0.5) is 4.39 Å². The van der Waals surface area contributed by atoms with Crippen molar-refractivity contribution < 1.29 is 47.1 Å². The number of hydrogen-bond donors (Lipinski definition) is 0. The van der Waals surface area contributed by atoms with Gasteiger partial charge in [0.1, 0.15) is 45.0 Å². The highest BCUT2D eigenvalue weighted by Gasteiger charge is 2.27. The molecule has 4 heterocycles. The molecule has 2 aliphatic heterocycles. The molecule has 2 aliphatic rings. The SMILES string of the molecule is COC(=O)c1cnc(Oc2cc3c(cc2C)OC(c2ccccc2C)CC3)s1.COC(=O)c1cnc(Oc2ccc3c(c2)CCC(c2cccc(OC)c2F)O3)s1. The van der Waals surface area contributed by atoms with E-state index in [1.54, 1.807) is 30.3 Å². The number of carbonyl (C=O) groups excluding carboxylic acids is 2. The van der Waals surface area contributed by atoms with E-state index < -0.39 is 17.8 Å². The zero-order valence-corrected chi connectivity index (χ0v) is 33.5. The molecule has 0 fully saturated rings. The fourth-order valence-electron chi connectivity index (χ4n) is 6.56. The van der Waals surface area contributed by atoms with Gasteiger partial charge in [-0.2, -0.15) is 0 Å². The lowest BCUT2D eigenvalue weighted by Crippen LogP contribution is -2.16. The molecule has 0 aliphatic carbocycles. The molecule has 11 nitrogen and oxygen atoms in total. The number of rotatable bonds is 9. The van der Waals surface area contributed by atoms with Gasteiger partial charge in [-0.05, 0) is 104 Å². The van der Waals surface area contributed by atoms with Crippen LogP contribution >= 0.6 is 22.7 Å². The summed E-state index contributed by atoms with van der Waals surface area (Å²) in [7, 11) is 4.11. The van der Waals surface area contributed by atoms with Crippen LogP contribution in [-0.4, -0.2) is 43.2 Å². The summed E-state index contributed by atoms with van der Waals surface area (Å²) >= 11 is 2.27. The summed E-state index contributed by atoms with van der Waals surface area (Å²) in [4.78, 5) is 32.1. The van der Waals surface area contributed by atoms with E-state index in [-0.39, 0.29) is 18.0 Å². The van der Waals surface area contributed by atoms with Crippen molar-refractivity contribution in [3.05, 3.63) is 134 Å². The highest BCUT2D eigenvalue weighted by molar-refractivity contribution is 7.15. The number of nitrogens with zero attached hydrogens (tertiary/aromatic N) is 2. The van der Waals surface area contributed by atoms with Crippen molar-refractivity contribution >= 4 is 34.6 Å². The molecule has 0 N–H and O–H groups in total. The maximum Gasteiger partial charge on any atom is 0.349 e. The number of aryl methyl sites for hydroxylation is 4. The van der Waals surface area contributed by atoms with E-state index in [0.717, 1.165) is 52.4 Å². The monoisotopic (exact) mass is 810 g/mol. The maximum absolute atomic E-state index is 14.6. The Balaban J connectivity index is 0.000000174. The molecule has 2 unspecified atom stereocenters. The lowest BCUT2D eigenvalue weighted by molar-refractivity contribution is 0.0597. The van der Waals surface area contributed by atoms with Gasteiger partial charge in [-0.1, -0.05) is 59.1 Å². The first-order valence-electron chi connectivity index (χ1n) is 18.1. The number of thiazole rings is 2. The summed E-state index contributed by atoms with van der Waals surface area (Å²) < 4.78 is 53.0. The first-order valence-corrected chi connectivity index (χ1v) is 19.7. The molecule has 2 aromatic heterocycles. The molecule has 0 saturated carbocycles. The van der Waals surface area contributed by atoms with Crippen molar-refractivity contribution in [1.82, 2.24) is 9.97 Å². The molecule has 0 saturated heterocycles. The molecular formula is C43H39FN2O9S2. The van der Waals surface area contributed by atoms with Crippen molar-refractivity contribution in [3.8, 4) is 39.1 Å². The molecule has 0 amide bonds. The van der Waals surface area contributed by atoms with Crippen molar-refractivity contribution in [1.29, 1.82) is 0 Å². The second-order valence-electron chi connectivity index (χ2n) is 13.2. The lowest BCUT2D eigenvalue weighted by atomic mass is 9.94. The summed E-state index contributed by atoms with van der Waals surface area (Å²) in [6.07, 6.45) is 5.74. The molecule has 6 aromatic rings. The molecule has 0 radical (unpaired) electrons. The quantitative estimate of drug-likeness (QED) is 0.130. The van der Waals surface area contributed by atoms with Crippen LogP contribution in [0.3, 0.4) is 0 Å². The summed E-state index contributed by atoms with van der Waals surface area (Å²) in [6, 6.07) is 22.9. The summed E-state index contributed by atoms with van der Waals surface area (Å²) in [5.74, 6) is 1.84. The molecule has 57 heavy (non-hydrogen) atoms. The van der Waals surface area contributed by atoms with Gasteiger partial charge in [0.2, 0.25) is 0 Å².